The Kier molecular flexibility index (Phi) is 7.50. The zero-order chi connectivity index (χ0) is 19.6. The lowest BCUT2D eigenvalue weighted by molar-refractivity contribution is -0.123. The Morgan fingerprint density at radius 2 is 1.74 bits per heavy atom. The van der Waals surface area contributed by atoms with Crippen molar-refractivity contribution in [2.75, 3.05) is 19.8 Å². The van der Waals surface area contributed by atoms with Crippen molar-refractivity contribution in [3.63, 3.8) is 0 Å². The average Bonchev–Trinajstić information content (AvgIpc) is 2.68. The van der Waals surface area contributed by atoms with Crippen LogP contribution < -0.4 is 19.5 Å². The predicted octanol–water partition coefficient (Wildman–Crippen LogP) is 3.61. The number of rotatable bonds is 9. The van der Waals surface area contributed by atoms with Crippen LogP contribution in [0.2, 0.25) is 0 Å². The summed E-state index contributed by atoms with van der Waals surface area (Å²) in [5.74, 6) is 1.44. The van der Waals surface area contributed by atoms with Gasteiger partial charge in [0.1, 0.15) is 11.8 Å². The molecule has 27 heavy (non-hydrogen) atoms. The van der Waals surface area contributed by atoms with E-state index in [-0.39, 0.29) is 18.6 Å². The summed E-state index contributed by atoms with van der Waals surface area (Å²) in [6, 6.07) is 14.2. The minimum Gasteiger partial charge on any atom is -0.490 e. The summed E-state index contributed by atoms with van der Waals surface area (Å²) in [6.07, 6.45) is 0. The third-order valence-electron chi connectivity index (χ3n) is 3.81. The Balaban J connectivity index is 1.99. The molecule has 142 valence electrons. The molecule has 0 unspecified atom stereocenters. The van der Waals surface area contributed by atoms with Crippen molar-refractivity contribution >= 4 is 5.91 Å². The normalized spacial score (nSPS) is 11.2. The lowest BCUT2D eigenvalue weighted by Crippen LogP contribution is -2.31. The lowest BCUT2D eigenvalue weighted by Gasteiger charge is -2.18. The van der Waals surface area contributed by atoms with Crippen LogP contribution in [0.4, 0.5) is 0 Å². The highest BCUT2D eigenvalue weighted by molar-refractivity contribution is 5.78. The van der Waals surface area contributed by atoms with Crippen LogP contribution in [0.25, 0.3) is 0 Å². The van der Waals surface area contributed by atoms with Gasteiger partial charge in [-0.15, -0.1) is 0 Å². The highest BCUT2D eigenvalue weighted by Gasteiger charge is 2.14. The molecule has 6 heteroatoms. The van der Waals surface area contributed by atoms with Gasteiger partial charge in [0.15, 0.2) is 18.1 Å². The average molecular weight is 368 g/mol. The van der Waals surface area contributed by atoms with Gasteiger partial charge < -0.3 is 19.5 Å². The van der Waals surface area contributed by atoms with E-state index in [1.165, 1.54) is 0 Å². The molecule has 0 saturated heterocycles. The van der Waals surface area contributed by atoms with Gasteiger partial charge in [0.25, 0.3) is 5.91 Å². The maximum Gasteiger partial charge on any atom is 0.258 e. The summed E-state index contributed by atoms with van der Waals surface area (Å²) in [7, 11) is 0. The van der Waals surface area contributed by atoms with E-state index in [9.17, 15) is 4.79 Å². The molecule has 0 fully saturated rings. The molecule has 0 spiro atoms. The molecule has 1 amide bonds. The molecule has 1 N–H and O–H groups in total. The summed E-state index contributed by atoms with van der Waals surface area (Å²) in [6.45, 7) is 6.61. The van der Waals surface area contributed by atoms with Crippen LogP contribution in [0, 0.1) is 11.3 Å². The first kappa shape index (κ1) is 20.1. The molecule has 0 bridgehead atoms. The van der Waals surface area contributed by atoms with Crippen molar-refractivity contribution < 1.29 is 19.0 Å². The first-order valence-corrected chi connectivity index (χ1v) is 8.89. The summed E-state index contributed by atoms with van der Waals surface area (Å²) in [5.41, 5.74) is 1.29. The Morgan fingerprint density at radius 1 is 1.04 bits per heavy atom. The maximum atomic E-state index is 12.2. The third-order valence-corrected chi connectivity index (χ3v) is 3.81. The van der Waals surface area contributed by atoms with Crippen LogP contribution in [0.15, 0.2) is 42.5 Å². The fraction of sp³-hybridized carbons (Fsp3) is 0.333. The Labute approximate surface area is 159 Å². The Morgan fingerprint density at radius 3 is 2.44 bits per heavy atom. The number of benzene rings is 2. The van der Waals surface area contributed by atoms with Gasteiger partial charge in [0.05, 0.1) is 24.8 Å². The zero-order valence-electron chi connectivity index (χ0n) is 15.8. The van der Waals surface area contributed by atoms with Crippen LogP contribution in [0.3, 0.4) is 0 Å². The second-order valence-electron chi connectivity index (χ2n) is 5.76. The van der Waals surface area contributed by atoms with E-state index in [2.05, 4.69) is 5.32 Å². The minimum absolute atomic E-state index is 0.168. The van der Waals surface area contributed by atoms with Crippen LogP contribution in [0.1, 0.15) is 37.9 Å². The van der Waals surface area contributed by atoms with E-state index in [0.717, 1.165) is 5.56 Å². The summed E-state index contributed by atoms with van der Waals surface area (Å²) in [5, 5.41) is 11.9. The van der Waals surface area contributed by atoms with Gasteiger partial charge in [-0.2, -0.15) is 5.26 Å². The first-order valence-electron chi connectivity index (χ1n) is 8.89. The van der Waals surface area contributed by atoms with Crippen molar-refractivity contribution in [1.82, 2.24) is 5.32 Å². The van der Waals surface area contributed by atoms with Gasteiger partial charge >= 0.3 is 0 Å². The van der Waals surface area contributed by atoms with Gasteiger partial charge in [-0.25, -0.2) is 0 Å². The maximum absolute atomic E-state index is 12.2. The van der Waals surface area contributed by atoms with Crippen LogP contribution in [-0.4, -0.2) is 25.7 Å². The molecule has 0 aromatic heterocycles. The highest BCUT2D eigenvalue weighted by Crippen LogP contribution is 2.30. The van der Waals surface area contributed by atoms with E-state index < -0.39 is 0 Å². The van der Waals surface area contributed by atoms with E-state index in [0.29, 0.717) is 36.0 Å². The second kappa shape index (κ2) is 10.1. The van der Waals surface area contributed by atoms with E-state index >= 15 is 0 Å². The molecular weight excluding hydrogens is 344 g/mol. The Hall–Kier alpha value is -3.20. The number of nitriles is 1. The summed E-state index contributed by atoms with van der Waals surface area (Å²) < 4.78 is 16.6. The van der Waals surface area contributed by atoms with Crippen LogP contribution in [0.5, 0.6) is 17.2 Å². The zero-order valence-corrected chi connectivity index (χ0v) is 15.8. The standard InChI is InChI=1S/C21H24N2O4/c1-4-25-19-11-10-16(12-20(19)26-5-2)15(3)23-21(24)14-27-18-9-7-6-8-17(18)13-22/h6-12,15H,4-5,14H2,1-3H3,(H,23,24)/t15-/m0/s1. The summed E-state index contributed by atoms with van der Waals surface area (Å²) in [4.78, 5) is 12.2. The largest absolute Gasteiger partial charge is 0.490 e. The number of hydrogen-bond acceptors (Lipinski definition) is 5. The quantitative estimate of drug-likeness (QED) is 0.731. The molecule has 2 aromatic carbocycles. The first-order chi connectivity index (χ1) is 13.1. The third kappa shape index (κ3) is 5.65. The number of nitrogens with one attached hydrogen (secondary N) is 1. The van der Waals surface area contributed by atoms with Crippen molar-refractivity contribution in [3.8, 4) is 23.3 Å². The lowest BCUT2D eigenvalue weighted by atomic mass is 10.1. The molecule has 0 aliphatic heterocycles. The van der Waals surface area contributed by atoms with Crippen molar-refractivity contribution in [2.24, 2.45) is 0 Å². The van der Waals surface area contributed by atoms with E-state index in [1.807, 2.05) is 45.0 Å². The van der Waals surface area contributed by atoms with Gasteiger partial charge in [-0.1, -0.05) is 18.2 Å². The molecule has 0 aliphatic carbocycles. The number of amides is 1. The molecule has 6 nitrogen and oxygen atoms in total. The topological polar surface area (TPSA) is 80.6 Å². The van der Waals surface area contributed by atoms with Gasteiger partial charge in [0, 0.05) is 0 Å². The molecule has 0 heterocycles. The fourth-order valence-corrected chi connectivity index (χ4v) is 2.53. The number of ether oxygens (including phenoxy) is 3. The summed E-state index contributed by atoms with van der Waals surface area (Å²) >= 11 is 0. The highest BCUT2D eigenvalue weighted by atomic mass is 16.5. The number of carbonyl (C=O) groups is 1. The van der Waals surface area contributed by atoms with Gasteiger partial charge in [-0.3, -0.25) is 4.79 Å². The molecule has 1 atom stereocenters. The van der Waals surface area contributed by atoms with E-state index in [1.54, 1.807) is 24.3 Å². The fourth-order valence-electron chi connectivity index (χ4n) is 2.53. The van der Waals surface area contributed by atoms with Gasteiger partial charge in [0.2, 0.25) is 0 Å². The molecule has 0 saturated carbocycles. The minimum atomic E-state index is -0.276. The van der Waals surface area contributed by atoms with Gasteiger partial charge in [-0.05, 0) is 50.6 Å². The number of para-hydroxylation sites is 1. The molecule has 0 radical (unpaired) electrons. The molecular formula is C21H24N2O4. The Bertz CT molecular complexity index is 814. The molecule has 0 aliphatic rings. The van der Waals surface area contributed by atoms with Crippen molar-refractivity contribution in [2.45, 2.75) is 26.8 Å². The molecule has 2 aromatic rings. The van der Waals surface area contributed by atoms with Crippen LogP contribution >= 0.6 is 0 Å². The SMILES string of the molecule is CCOc1ccc([C@H](C)NC(=O)COc2ccccc2C#N)cc1OCC. The molecule has 2 rings (SSSR count). The van der Waals surface area contributed by atoms with Crippen molar-refractivity contribution in [1.29, 1.82) is 5.26 Å². The predicted molar refractivity (Wildman–Crippen MR) is 102 cm³/mol. The van der Waals surface area contributed by atoms with E-state index in [4.69, 9.17) is 19.5 Å². The van der Waals surface area contributed by atoms with Crippen molar-refractivity contribution in [3.05, 3.63) is 53.6 Å². The number of nitrogens with zero attached hydrogens (tertiary/aromatic N) is 1. The monoisotopic (exact) mass is 368 g/mol. The smallest absolute Gasteiger partial charge is 0.258 e. The number of hydrogen-bond donors (Lipinski definition) is 1. The van der Waals surface area contributed by atoms with Crippen LogP contribution in [-0.2, 0) is 4.79 Å². The second-order valence-corrected chi connectivity index (χ2v) is 5.76. The number of carbonyl (C=O) groups excluding carboxylic acids is 1.